The fraction of sp³-hybridized carbons (Fsp3) is 0.900. The van der Waals surface area contributed by atoms with Crippen LogP contribution < -0.4 is 10.6 Å². The van der Waals surface area contributed by atoms with Crippen LogP contribution in [0.5, 0.6) is 0 Å². The van der Waals surface area contributed by atoms with Crippen LogP contribution in [-0.4, -0.2) is 50.0 Å². The van der Waals surface area contributed by atoms with Crippen molar-refractivity contribution in [2.75, 3.05) is 32.9 Å². The summed E-state index contributed by atoms with van der Waals surface area (Å²) in [6, 6.07) is 0.187. The highest BCUT2D eigenvalue weighted by atomic mass is 16.5. The molecule has 0 fully saturated rings. The van der Waals surface area contributed by atoms with Crippen molar-refractivity contribution >= 4 is 5.91 Å². The third kappa shape index (κ3) is 11.3. The lowest BCUT2D eigenvalue weighted by Gasteiger charge is -2.09. The third-order valence-corrected chi connectivity index (χ3v) is 1.61. The van der Waals surface area contributed by atoms with E-state index in [1.807, 2.05) is 13.8 Å². The Bertz CT molecular complexity index is 163. The molecular formula is C10H22N2O3. The Morgan fingerprint density at radius 3 is 2.73 bits per heavy atom. The number of hydrogen-bond donors (Lipinski definition) is 3. The summed E-state index contributed by atoms with van der Waals surface area (Å²) >= 11 is 0. The number of nitrogens with one attached hydrogen (secondary N) is 2. The summed E-state index contributed by atoms with van der Waals surface area (Å²) in [6.07, 6.45) is 0.842. The zero-order valence-corrected chi connectivity index (χ0v) is 9.58. The van der Waals surface area contributed by atoms with Crippen molar-refractivity contribution in [1.82, 2.24) is 10.6 Å². The van der Waals surface area contributed by atoms with Crippen LogP contribution in [-0.2, 0) is 9.53 Å². The number of ether oxygens (including phenoxy) is 1. The molecule has 3 N–H and O–H groups in total. The van der Waals surface area contributed by atoms with Crippen molar-refractivity contribution in [3.8, 4) is 0 Å². The van der Waals surface area contributed by atoms with Crippen molar-refractivity contribution < 1.29 is 14.6 Å². The van der Waals surface area contributed by atoms with Crippen LogP contribution in [0.4, 0.5) is 0 Å². The Labute approximate surface area is 91.2 Å². The van der Waals surface area contributed by atoms with E-state index in [9.17, 15) is 4.79 Å². The number of rotatable bonds is 9. The lowest BCUT2D eigenvalue weighted by Crippen LogP contribution is -2.38. The van der Waals surface area contributed by atoms with E-state index in [2.05, 4.69) is 10.6 Å². The number of aliphatic hydroxyl groups is 1. The Morgan fingerprint density at radius 1 is 1.40 bits per heavy atom. The van der Waals surface area contributed by atoms with Gasteiger partial charge in [0.1, 0.15) is 0 Å². The second kappa shape index (κ2) is 9.89. The maximum Gasteiger partial charge on any atom is 0.234 e. The number of carbonyl (C=O) groups is 1. The zero-order chi connectivity index (χ0) is 11.5. The van der Waals surface area contributed by atoms with Crippen molar-refractivity contribution in [1.29, 1.82) is 0 Å². The minimum absolute atomic E-state index is 0.0151. The Balaban J connectivity index is 3.13. The van der Waals surface area contributed by atoms with Gasteiger partial charge in [0.2, 0.25) is 5.91 Å². The highest BCUT2D eigenvalue weighted by Gasteiger charge is 2.01. The molecule has 0 aliphatic carbocycles. The first-order valence-corrected chi connectivity index (χ1v) is 5.35. The second-order valence-electron chi connectivity index (χ2n) is 3.59. The predicted molar refractivity (Wildman–Crippen MR) is 58.7 cm³/mol. The largest absolute Gasteiger partial charge is 0.394 e. The van der Waals surface area contributed by atoms with Crippen LogP contribution in [0.2, 0.25) is 0 Å². The van der Waals surface area contributed by atoms with Crippen LogP contribution in [0, 0.1) is 0 Å². The summed E-state index contributed by atoms with van der Waals surface area (Å²) in [6.45, 7) is 6.01. The smallest absolute Gasteiger partial charge is 0.234 e. The maximum absolute atomic E-state index is 11.2. The van der Waals surface area contributed by atoms with E-state index in [0.717, 1.165) is 13.0 Å². The molecule has 0 unspecified atom stereocenters. The lowest BCUT2D eigenvalue weighted by atomic mass is 10.4. The first-order chi connectivity index (χ1) is 7.16. The van der Waals surface area contributed by atoms with Crippen molar-refractivity contribution in [3.05, 3.63) is 0 Å². The molecule has 90 valence electrons. The molecule has 0 bridgehead atoms. The molecular weight excluding hydrogens is 196 g/mol. The average Bonchev–Trinajstić information content (AvgIpc) is 2.15. The van der Waals surface area contributed by atoms with Crippen LogP contribution in [0.15, 0.2) is 0 Å². The summed E-state index contributed by atoms with van der Waals surface area (Å²) in [5, 5.41) is 14.2. The Kier molecular flexibility index (Phi) is 9.46. The first-order valence-electron chi connectivity index (χ1n) is 5.35. The molecule has 0 aromatic carbocycles. The maximum atomic E-state index is 11.2. The minimum atomic E-state index is 0.0151. The van der Waals surface area contributed by atoms with E-state index >= 15 is 0 Å². The first kappa shape index (κ1) is 14.3. The van der Waals surface area contributed by atoms with Gasteiger partial charge < -0.3 is 20.5 Å². The van der Waals surface area contributed by atoms with E-state index < -0.39 is 0 Å². The van der Waals surface area contributed by atoms with Gasteiger partial charge in [-0.1, -0.05) is 0 Å². The molecule has 0 rings (SSSR count). The fourth-order valence-electron chi connectivity index (χ4n) is 1.04. The molecule has 0 radical (unpaired) electrons. The molecule has 0 spiro atoms. The fourth-order valence-corrected chi connectivity index (χ4v) is 1.04. The summed E-state index contributed by atoms with van der Waals surface area (Å²) in [5.74, 6) is 0.0151. The van der Waals surface area contributed by atoms with E-state index in [1.165, 1.54) is 0 Å². The summed E-state index contributed by atoms with van der Waals surface area (Å²) in [4.78, 5) is 11.2. The molecule has 15 heavy (non-hydrogen) atoms. The standard InChI is InChI=1S/C10H22N2O3/c1-9(2)12-10(14)8-11-4-3-6-15-7-5-13/h9,11,13H,3-8H2,1-2H3,(H,12,14). The monoisotopic (exact) mass is 218 g/mol. The van der Waals surface area contributed by atoms with Gasteiger partial charge in [0.15, 0.2) is 0 Å². The predicted octanol–water partition coefficient (Wildman–Crippen LogP) is -0.500. The molecule has 0 aliphatic heterocycles. The SMILES string of the molecule is CC(C)NC(=O)CNCCCOCCO. The van der Waals surface area contributed by atoms with E-state index in [4.69, 9.17) is 9.84 Å². The molecule has 0 aromatic heterocycles. The van der Waals surface area contributed by atoms with Crippen LogP contribution in [0.3, 0.4) is 0 Å². The Hall–Kier alpha value is -0.650. The van der Waals surface area contributed by atoms with Gasteiger partial charge in [-0.2, -0.15) is 0 Å². The minimum Gasteiger partial charge on any atom is -0.394 e. The van der Waals surface area contributed by atoms with Crippen molar-refractivity contribution in [2.45, 2.75) is 26.3 Å². The van der Waals surface area contributed by atoms with Crippen LogP contribution in [0.1, 0.15) is 20.3 Å². The van der Waals surface area contributed by atoms with Gasteiger partial charge in [0.05, 0.1) is 19.8 Å². The number of carbonyl (C=O) groups excluding carboxylic acids is 1. The highest BCUT2D eigenvalue weighted by Crippen LogP contribution is 1.81. The van der Waals surface area contributed by atoms with E-state index in [1.54, 1.807) is 0 Å². The van der Waals surface area contributed by atoms with Gasteiger partial charge in [0, 0.05) is 12.6 Å². The van der Waals surface area contributed by atoms with Crippen LogP contribution in [0.25, 0.3) is 0 Å². The molecule has 5 heteroatoms. The van der Waals surface area contributed by atoms with E-state index in [-0.39, 0.29) is 18.6 Å². The summed E-state index contributed by atoms with van der Waals surface area (Å²) in [7, 11) is 0. The molecule has 5 nitrogen and oxygen atoms in total. The molecule has 1 amide bonds. The molecule has 0 saturated heterocycles. The average molecular weight is 218 g/mol. The summed E-state index contributed by atoms with van der Waals surface area (Å²) in [5.41, 5.74) is 0. The van der Waals surface area contributed by atoms with Gasteiger partial charge in [-0.15, -0.1) is 0 Å². The normalized spacial score (nSPS) is 10.7. The van der Waals surface area contributed by atoms with Crippen molar-refractivity contribution in [3.63, 3.8) is 0 Å². The summed E-state index contributed by atoms with van der Waals surface area (Å²) < 4.78 is 5.06. The number of aliphatic hydroxyl groups excluding tert-OH is 1. The van der Waals surface area contributed by atoms with Gasteiger partial charge in [0.25, 0.3) is 0 Å². The Morgan fingerprint density at radius 2 is 2.13 bits per heavy atom. The lowest BCUT2D eigenvalue weighted by molar-refractivity contribution is -0.120. The zero-order valence-electron chi connectivity index (χ0n) is 9.58. The van der Waals surface area contributed by atoms with Crippen molar-refractivity contribution in [2.24, 2.45) is 0 Å². The quantitative estimate of drug-likeness (QED) is 0.456. The molecule has 0 atom stereocenters. The van der Waals surface area contributed by atoms with Gasteiger partial charge in [-0.25, -0.2) is 0 Å². The number of amides is 1. The molecule has 0 saturated carbocycles. The molecule has 0 aromatic rings. The van der Waals surface area contributed by atoms with Gasteiger partial charge in [-0.3, -0.25) is 4.79 Å². The number of hydrogen-bond acceptors (Lipinski definition) is 4. The molecule has 0 heterocycles. The van der Waals surface area contributed by atoms with Gasteiger partial charge >= 0.3 is 0 Å². The van der Waals surface area contributed by atoms with E-state index in [0.29, 0.717) is 19.8 Å². The van der Waals surface area contributed by atoms with Gasteiger partial charge in [-0.05, 0) is 26.8 Å². The highest BCUT2D eigenvalue weighted by molar-refractivity contribution is 5.78. The second-order valence-corrected chi connectivity index (χ2v) is 3.59. The molecule has 0 aliphatic rings. The third-order valence-electron chi connectivity index (χ3n) is 1.61. The van der Waals surface area contributed by atoms with Crippen LogP contribution >= 0.6 is 0 Å². The topological polar surface area (TPSA) is 70.6 Å².